The monoisotopic (exact) mass is 257 g/mol. The van der Waals surface area contributed by atoms with Gasteiger partial charge < -0.3 is 15.8 Å². The predicted octanol–water partition coefficient (Wildman–Crippen LogP) is 3.50. The lowest BCUT2D eigenvalue weighted by Crippen LogP contribution is -2.09. The van der Waals surface area contributed by atoms with Crippen LogP contribution in [0.3, 0.4) is 0 Å². The van der Waals surface area contributed by atoms with Crippen molar-refractivity contribution in [1.82, 2.24) is 4.37 Å². The van der Waals surface area contributed by atoms with Gasteiger partial charge in [-0.15, -0.1) is 0 Å². The van der Waals surface area contributed by atoms with Gasteiger partial charge in [0, 0.05) is 6.54 Å². The molecule has 3 N–H and O–H groups in total. The van der Waals surface area contributed by atoms with Crippen LogP contribution in [0, 0.1) is 0 Å². The summed E-state index contributed by atoms with van der Waals surface area (Å²) in [5, 5.41) is 4.30. The highest BCUT2D eigenvalue weighted by atomic mass is 32.1. The molecule has 0 fully saturated rings. The molecule has 1 aromatic rings. The van der Waals surface area contributed by atoms with E-state index in [4.69, 9.17) is 10.5 Å². The van der Waals surface area contributed by atoms with Crippen LogP contribution in [0.25, 0.3) is 0 Å². The molecule has 0 saturated heterocycles. The predicted molar refractivity (Wildman–Crippen MR) is 74.9 cm³/mol. The highest BCUT2D eigenvalue weighted by Crippen LogP contribution is 2.35. The SMILES string of the molecule is CCCCCCNc1snc(N)c1OC(C)C. The highest BCUT2D eigenvalue weighted by Gasteiger charge is 2.13. The Bertz CT molecular complexity index is 326. The minimum atomic E-state index is 0.120. The van der Waals surface area contributed by atoms with Crippen LogP contribution in [0.4, 0.5) is 10.8 Å². The first-order valence-electron chi connectivity index (χ1n) is 6.30. The van der Waals surface area contributed by atoms with Gasteiger partial charge in [-0.25, -0.2) is 0 Å². The second-order valence-electron chi connectivity index (χ2n) is 4.38. The Morgan fingerprint density at radius 1 is 1.35 bits per heavy atom. The van der Waals surface area contributed by atoms with E-state index in [1.807, 2.05) is 13.8 Å². The summed E-state index contributed by atoms with van der Waals surface area (Å²) in [6, 6.07) is 0. The van der Waals surface area contributed by atoms with Gasteiger partial charge in [-0.3, -0.25) is 0 Å². The number of aromatic nitrogens is 1. The summed E-state index contributed by atoms with van der Waals surface area (Å²) in [5.74, 6) is 1.19. The topological polar surface area (TPSA) is 60.2 Å². The van der Waals surface area contributed by atoms with Gasteiger partial charge in [-0.2, -0.15) is 4.37 Å². The molecule has 17 heavy (non-hydrogen) atoms. The third-order valence-electron chi connectivity index (χ3n) is 2.34. The Morgan fingerprint density at radius 3 is 2.76 bits per heavy atom. The molecule has 0 aromatic carbocycles. The lowest BCUT2D eigenvalue weighted by atomic mass is 10.2. The first-order chi connectivity index (χ1) is 8.15. The summed E-state index contributed by atoms with van der Waals surface area (Å²) < 4.78 is 9.77. The number of anilines is 2. The Labute approximate surface area is 108 Å². The average molecular weight is 257 g/mol. The van der Waals surface area contributed by atoms with Gasteiger partial charge in [0.2, 0.25) is 0 Å². The van der Waals surface area contributed by atoms with Crippen LogP contribution >= 0.6 is 11.5 Å². The van der Waals surface area contributed by atoms with E-state index >= 15 is 0 Å². The van der Waals surface area contributed by atoms with Crippen LogP contribution in [0.15, 0.2) is 0 Å². The maximum atomic E-state index is 5.78. The van der Waals surface area contributed by atoms with Crippen LogP contribution in [0.5, 0.6) is 5.75 Å². The van der Waals surface area contributed by atoms with Gasteiger partial charge in [0.15, 0.2) is 16.6 Å². The van der Waals surface area contributed by atoms with E-state index in [2.05, 4.69) is 16.6 Å². The van der Waals surface area contributed by atoms with Crippen molar-refractivity contribution in [3.05, 3.63) is 0 Å². The molecule has 0 bridgehead atoms. The second kappa shape index (κ2) is 7.37. The summed E-state index contributed by atoms with van der Waals surface area (Å²) in [6.45, 7) is 7.15. The van der Waals surface area contributed by atoms with E-state index in [0.717, 1.165) is 11.5 Å². The fraction of sp³-hybridized carbons (Fsp3) is 0.750. The summed E-state index contributed by atoms with van der Waals surface area (Å²) in [7, 11) is 0. The van der Waals surface area contributed by atoms with Crippen molar-refractivity contribution in [2.75, 3.05) is 17.6 Å². The van der Waals surface area contributed by atoms with Crippen LogP contribution in [-0.4, -0.2) is 17.0 Å². The van der Waals surface area contributed by atoms with Crippen molar-refractivity contribution in [2.24, 2.45) is 0 Å². The van der Waals surface area contributed by atoms with Crippen molar-refractivity contribution in [1.29, 1.82) is 0 Å². The number of nitrogen functional groups attached to an aromatic ring is 1. The largest absolute Gasteiger partial charge is 0.484 e. The van der Waals surface area contributed by atoms with Gasteiger partial charge in [-0.05, 0) is 31.8 Å². The van der Waals surface area contributed by atoms with E-state index in [1.54, 1.807) is 0 Å². The molecule has 1 heterocycles. The fourth-order valence-electron chi connectivity index (χ4n) is 1.51. The zero-order valence-corrected chi connectivity index (χ0v) is 11.8. The minimum absolute atomic E-state index is 0.120. The Morgan fingerprint density at radius 2 is 2.12 bits per heavy atom. The molecule has 1 aromatic heterocycles. The third-order valence-corrected chi connectivity index (χ3v) is 3.14. The van der Waals surface area contributed by atoms with Crippen LogP contribution in [0.2, 0.25) is 0 Å². The summed E-state index contributed by atoms with van der Waals surface area (Å²) >= 11 is 1.37. The number of unbranched alkanes of at least 4 members (excludes halogenated alkanes) is 3. The summed E-state index contributed by atoms with van der Waals surface area (Å²) in [5.41, 5.74) is 5.78. The molecule has 0 radical (unpaired) electrons. The van der Waals surface area contributed by atoms with Gasteiger partial charge in [0.25, 0.3) is 0 Å². The third kappa shape index (κ3) is 4.81. The van der Waals surface area contributed by atoms with Gasteiger partial charge in [-0.1, -0.05) is 26.2 Å². The molecule has 98 valence electrons. The van der Waals surface area contributed by atoms with Crippen molar-refractivity contribution in [3.63, 3.8) is 0 Å². The molecule has 0 amide bonds. The molecule has 0 aliphatic carbocycles. The Balaban J connectivity index is 2.42. The van der Waals surface area contributed by atoms with E-state index in [1.165, 1.54) is 37.2 Å². The first kappa shape index (κ1) is 14.1. The number of ether oxygens (including phenoxy) is 1. The van der Waals surface area contributed by atoms with Crippen molar-refractivity contribution in [3.8, 4) is 5.75 Å². The number of hydrogen-bond donors (Lipinski definition) is 2. The Kier molecular flexibility index (Phi) is 6.11. The average Bonchev–Trinajstić information content (AvgIpc) is 2.60. The van der Waals surface area contributed by atoms with E-state index < -0.39 is 0 Å². The molecule has 0 atom stereocenters. The molecule has 0 aliphatic heterocycles. The molecule has 4 nitrogen and oxygen atoms in total. The van der Waals surface area contributed by atoms with Gasteiger partial charge >= 0.3 is 0 Å². The van der Waals surface area contributed by atoms with Crippen molar-refractivity contribution in [2.45, 2.75) is 52.6 Å². The lowest BCUT2D eigenvalue weighted by Gasteiger charge is -2.11. The first-order valence-corrected chi connectivity index (χ1v) is 7.08. The zero-order valence-electron chi connectivity index (χ0n) is 11.0. The Hall–Kier alpha value is -0.970. The lowest BCUT2D eigenvalue weighted by molar-refractivity contribution is 0.245. The number of nitrogens with two attached hydrogens (primary N) is 1. The van der Waals surface area contributed by atoms with Crippen LogP contribution < -0.4 is 15.8 Å². The molecule has 1 rings (SSSR count). The van der Waals surface area contributed by atoms with Crippen molar-refractivity contribution < 1.29 is 4.74 Å². The molecular formula is C12H23N3OS. The van der Waals surface area contributed by atoms with E-state index in [-0.39, 0.29) is 6.10 Å². The molecule has 0 aliphatic rings. The normalized spacial score (nSPS) is 10.8. The zero-order chi connectivity index (χ0) is 12.7. The molecule has 0 saturated carbocycles. The maximum absolute atomic E-state index is 5.78. The summed E-state index contributed by atoms with van der Waals surface area (Å²) in [6.07, 6.45) is 5.11. The number of nitrogens with zero attached hydrogens (tertiary/aromatic N) is 1. The smallest absolute Gasteiger partial charge is 0.197 e. The maximum Gasteiger partial charge on any atom is 0.197 e. The number of rotatable bonds is 8. The number of nitrogens with one attached hydrogen (secondary N) is 1. The molecule has 0 spiro atoms. The summed E-state index contributed by atoms with van der Waals surface area (Å²) in [4.78, 5) is 0. The van der Waals surface area contributed by atoms with E-state index in [0.29, 0.717) is 11.6 Å². The second-order valence-corrected chi connectivity index (χ2v) is 5.15. The van der Waals surface area contributed by atoms with Crippen LogP contribution in [0.1, 0.15) is 46.5 Å². The molecular weight excluding hydrogens is 234 g/mol. The quantitative estimate of drug-likeness (QED) is 0.700. The number of hydrogen-bond acceptors (Lipinski definition) is 5. The molecule has 5 heteroatoms. The fourth-order valence-corrected chi connectivity index (χ4v) is 2.18. The van der Waals surface area contributed by atoms with Gasteiger partial charge in [0.1, 0.15) is 0 Å². The molecule has 0 unspecified atom stereocenters. The minimum Gasteiger partial charge on any atom is -0.484 e. The van der Waals surface area contributed by atoms with Crippen molar-refractivity contribution >= 4 is 22.4 Å². The van der Waals surface area contributed by atoms with Crippen LogP contribution in [-0.2, 0) is 0 Å². The standard InChI is InChI=1S/C12H23N3OS/c1-4-5-6-7-8-14-12-10(16-9(2)3)11(13)15-17-12/h9,14H,4-8H2,1-3H3,(H2,13,15). The van der Waals surface area contributed by atoms with E-state index in [9.17, 15) is 0 Å². The van der Waals surface area contributed by atoms with Gasteiger partial charge in [0.05, 0.1) is 6.10 Å². The highest BCUT2D eigenvalue weighted by molar-refractivity contribution is 7.11.